The Bertz CT molecular complexity index is 132. The molecular formula is C11H23NO. The number of allylic oxidation sites excluding steroid dienone is 1. The number of hydrogen-bond donors (Lipinski definition) is 2. The van der Waals surface area contributed by atoms with Crippen molar-refractivity contribution in [1.82, 2.24) is 5.48 Å². The van der Waals surface area contributed by atoms with Crippen LogP contribution in [-0.4, -0.2) is 5.21 Å². The summed E-state index contributed by atoms with van der Waals surface area (Å²) < 4.78 is 0. The molecule has 0 saturated carbocycles. The van der Waals surface area contributed by atoms with E-state index in [1.54, 1.807) is 6.20 Å². The van der Waals surface area contributed by atoms with Crippen molar-refractivity contribution < 1.29 is 5.21 Å². The SMILES string of the molecule is CCCCCCCC/C(C)=C\NO. The van der Waals surface area contributed by atoms with Crippen LogP contribution in [0.5, 0.6) is 0 Å². The van der Waals surface area contributed by atoms with Gasteiger partial charge in [-0.2, -0.15) is 0 Å². The molecule has 13 heavy (non-hydrogen) atoms. The van der Waals surface area contributed by atoms with Crippen LogP contribution >= 0.6 is 0 Å². The van der Waals surface area contributed by atoms with E-state index in [9.17, 15) is 0 Å². The van der Waals surface area contributed by atoms with Crippen LogP contribution in [0.25, 0.3) is 0 Å². The summed E-state index contributed by atoms with van der Waals surface area (Å²) >= 11 is 0. The van der Waals surface area contributed by atoms with E-state index in [-0.39, 0.29) is 0 Å². The lowest BCUT2D eigenvalue weighted by molar-refractivity contribution is 0.213. The quantitative estimate of drug-likeness (QED) is 0.447. The molecule has 0 atom stereocenters. The Morgan fingerprint density at radius 3 is 2.38 bits per heavy atom. The summed E-state index contributed by atoms with van der Waals surface area (Å²) in [5, 5.41) is 8.38. The van der Waals surface area contributed by atoms with Crippen LogP contribution in [0.15, 0.2) is 11.8 Å². The summed E-state index contributed by atoms with van der Waals surface area (Å²) in [7, 11) is 0. The highest BCUT2D eigenvalue weighted by atomic mass is 16.5. The molecule has 0 aromatic carbocycles. The first-order valence-corrected chi connectivity index (χ1v) is 5.36. The maximum atomic E-state index is 8.38. The molecule has 0 heterocycles. The van der Waals surface area contributed by atoms with Crippen LogP contribution < -0.4 is 5.48 Å². The second kappa shape index (κ2) is 9.59. The summed E-state index contributed by atoms with van der Waals surface area (Å²) in [6, 6.07) is 0. The standard InChI is InChI=1S/C11H23NO/c1-3-4-5-6-7-8-9-11(2)10-12-13/h10,12-13H,3-9H2,1-2H3/b11-10-. The largest absolute Gasteiger partial charge is 0.292 e. The molecule has 0 amide bonds. The highest BCUT2D eigenvalue weighted by Gasteiger charge is 1.91. The Labute approximate surface area is 82.0 Å². The second-order valence-corrected chi connectivity index (χ2v) is 3.64. The fraction of sp³-hybridized carbons (Fsp3) is 0.818. The number of nitrogens with one attached hydrogen (secondary N) is 1. The average molecular weight is 185 g/mol. The normalized spacial score (nSPS) is 11.8. The van der Waals surface area contributed by atoms with Crippen LogP contribution in [0.2, 0.25) is 0 Å². The monoisotopic (exact) mass is 185 g/mol. The third kappa shape index (κ3) is 9.41. The molecule has 0 aliphatic rings. The molecule has 0 fully saturated rings. The van der Waals surface area contributed by atoms with E-state index in [1.807, 2.05) is 6.92 Å². The maximum Gasteiger partial charge on any atom is 0.0229 e. The molecule has 0 aromatic heterocycles. The highest BCUT2D eigenvalue weighted by Crippen LogP contribution is 2.10. The van der Waals surface area contributed by atoms with Gasteiger partial charge in [0.25, 0.3) is 0 Å². The van der Waals surface area contributed by atoms with Gasteiger partial charge in [0.05, 0.1) is 0 Å². The minimum Gasteiger partial charge on any atom is -0.292 e. The topological polar surface area (TPSA) is 32.3 Å². The lowest BCUT2D eigenvalue weighted by atomic mass is 10.1. The third-order valence-corrected chi connectivity index (χ3v) is 2.24. The van der Waals surface area contributed by atoms with Gasteiger partial charge in [-0.3, -0.25) is 10.7 Å². The van der Waals surface area contributed by atoms with Gasteiger partial charge in [0, 0.05) is 6.20 Å². The highest BCUT2D eigenvalue weighted by molar-refractivity contribution is 4.94. The van der Waals surface area contributed by atoms with Crippen LogP contribution in [-0.2, 0) is 0 Å². The van der Waals surface area contributed by atoms with Crippen molar-refractivity contribution in [2.75, 3.05) is 0 Å². The second-order valence-electron chi connectivity index (χ2n) is 3.64. The molecule has 0 rings (SSSR count). The summed E-state index contributed by atoms with van der Waals surface area (Å²) in [5.74, 6) is 0. The Balaban J connectivity index is 3.11. The van der Waals surface area contributed by atoms with E-state index in [4.69, 9.17) is 5.21 Å². The van der Waals surface area contributed by atoms with Gasteiger partial charge in [-0.25, -0.2) is 0 Å². The molecule has 0 unspecified atom stereocenters. The van der Waals surface area contributed by atoms with Crippen molar-refractivity contribution in [2.45, 2.75) is 58.8 Å². The number of hydrogen-bond acceptors (Lipinski definition) is 2. The molecule has 0 saturated heterocycles. The molecule has 0 aromatic rings. The van der Waals surface area contributed by atoms with Crippen molar-refractivity contribution in [3.05, 3.63) is 11.8 Å². The van der Waals surface area contributed by atoms with Crippen molar-refractivity contribution in [1.29, 1.82) is 0 Å². The van der Waals surface area contributed by atoms with Crippen molar-refractivity contribution in [3.63, 3.8) is 0 Å². The molecule has 78 valence electrons. The predicted molar refractivity (Wildman–Crippen MR) is 56.7 cm³/mol. The van der Waals surface area contributed by atoms with Gasteiger partial charge in [-0.1, -0.05) is 44.6 Å². The minimum atomic E-state index is 1.10. The van der Waals surface area contributed by atoms with E-state index < -0.39 is 0 Å². The average Bonchev–Trinajstić information content (AvgIpc) is 2.11. The molecule has 0 bridgehead atoms. The van der Waals surface area contributed by atoms with Crippen molar-refractivity contribution in [3.8, 4) is 0 Å². The van der Waals surface area contributed by atoms with Gasteiger partial charge in [0.1, 0.15) is 0 Å². The van der Waals surface area contributed by atoms with Crippen LogP contribution in [0, 0.1) is 0 Å². The molecule has 0 spiro atoms. The zero-order valence-corrected chi connectivity index (χ0v) is 8.97. The van der Waals surface area contributed by atoms with Gasteiger partial charge >= 0.3 is 0 Å². The molecule has 2 nitrogen and oxygen atoms in total. The molecule has 0 aliphatic carbocycles. The first-order chi connectivity index (χ1) is 6.31. The molecule has 2 N–H and O–H groups in total. The van der Waals surface area contributed by atoms with Gasteiger partial charge in [-0.05, 0) is 19.8 Å². The molecule has 2 heteroatoms. The smallest absolute Gasteiger partial charge is 0.0229 e. The third-order valence-electron chi connectivity index (χ3n) is 2.24. The van der Waals surface area contributed by atoms with Gasteiger partial charge < -0.3 is 0 Å². The van der Waals surface area contributed by atoms with Gasteiger partial charge in [0.2, 0.25) is 0 Å². The lowest BCUT2D eigenvalue weighted by Crippen LogP contribution is -1.95. The van der Waals surface area contributed by atoms with Gasteiger partial charge in [0.15, 0.2) is 0 Å². The summed E-state index contributed by atoms with van der Waals surface area (Å²) in [6.45, 7) is 4.27. The zero-order chi connectivity index (χ0) is 9.94. The first kappa shape index (κ1) is 12.5. The minimum absolute atomic E-state index is 1.10. The Hall–Kier alpha value is -0.500. The fourth-order valence-electron chi connectivity index (χ4n) is 1.37. The molecule has 0 aliphatic heterocycles. The van der Waals surface area contributed by atoms with E-state index >= 15 is 0 Å². The molecule has 0 radical (unpaired) electrons. The Morgan fingerprint density at radius 2 is 1.77 bits per heavy atom. The molecular weight excluding hydrogens is 162 g/mol. The fourth-order valence-corrected chi connectivity index (χ4v) is 1.37. The lowest BCUT2D eigenvalue weighted by Gasteiger charge is -2.01. The summed E-state index contributed by atoms with van der Waals surface area (Å²) in [4.78, 5) is 0. The van der Waals surface area contributed by atoms with Crippen LogP contribution in [0.1, 0.15) is 58.8 Å². The predicted octanol–water partition coefficient (Wildman–Crippen LogP) is 3.62. The summed E-state index contributed by atoms with van der Waals surface area (Å²) in [5.41, 5.74) is 3.29. The maximum absolute atomic E-state index is 8.38. The van der Waals surface area contributed by atoms with Gasteiger partial charge in [-0.15, -0.1) is 0 Å². The van der Waals surface area contributed by atoms with Crippen molar-refractivity contribution in [2.24, 2.45) is 0 Å². The summed E-state index contributed by atoms with van der Waals surface area (Å²) in [6.07, 6.45) is 10.7. The Kier molecular flexibility index (Phi) is 9.22. The van der Waals surface area contributed by atoms with Crippen LogP contribution in [0.3, 0.4) is 0 Å². The number of unbranched alkanes of at least 4 members (excludes halogenated alkanes) is 5. The van der Waals surface area contributed by atoms with E-state index in [0.29, 0.717) is 0 Å². The van der Waals surface area contributed by atoms with E-state index in [1.165, 1.54) is 44.1 Å². The first-order valence-electron chi connectivity index (χ1n) is 5.36. The number of rotatable bonds is 8. The van der Waals surface area contributed by atoms with E-state index in [2.05, 4.69) is 12.4 Å². The Morgan fingerprint density at radius 1 is 1.15 bits per heavy atom. The number of hydroxylamine groups is 1. The van der Waals surface area contributed by atoms with Crippen LogP contribution in [0.4, 0.5) is 0 Å². The van der Waals surface area contributed by atoms with Crippen molar-refractivity contribution >= 4 is 0 Å². The zero-order valence-electron chi connectivity index (χ0n) is 8.97. The van der Waals surface area contributed by atoms with E-state index in [0.717, 1.165) is 6.42 Å².